The van der Waals surface area contributed by atoms with Crippen LogP contribution in [0.2, 0.25) is 0 Å². The van der Waals surface area contributed by atoms with E-state index in [9.17, 15) is 10.1 Å². The quantitative estimate of drug-likeness (QED) is 0.325. The number of hydrogen-bond donors (Lipinski definition) is 1. The van der Waals surface area contributed by atoms with E-state index in [-0.39, 0.29) is 10.7 Å². The standard InChI is InChI=1S/C14H25N5O2S/c1-5-7-9-18(10-8-6-2)12-11(19(20)21)13(22)16-14(15-12)17(3)4/h5-10H2,1-4H3,(H,15,16,22). The lowest BCUT2D eigenvalue weighted by Crippen LogP contribution is -2.28. The molecule has 1 rings (SSSR count). The molecule has 0 aliphatic heterocycles. The van der Waals surface area contributed by atoms with E-state index in [2.05, 4.69) is 36.4 Å². The molecule has 124 valence electrons. The summed E-state index contributed by atoms with van der Waals surface area (Å²) in [5, 5.41) is 11.5. The predicted molar refractivity (Wildman–Crippen MR) is 92.3 cm³/mol. The van der Waals surface area contributed by atoms with Gasteiger partial charge in [0.2, 0.25) is 11.8 Å². The first-order valence-electron chi connectivity index (χ1n) is 7.60. The number of unbranched alkanes of at least 4 members (excludes halogenated alkanes) is 2. The van der Waals surface area contributed by atoms with Crippen molar-refractivity contribution in [3.05, 3.63) is 10.1 Å². The van der Waals surface area contributed by atoms with Crippen molar-refractivity contribution in [2.75, 3.05) is 37.0 Å². The summed E-state index contributed by atoms with van der Waals surface area (Å²) in [6.07, 6.45) is 3.97. The van der Waals surface area contributed by atoms with Crippen LogP contribution in [0.15, 0.2) is 5.03 Å². The summed E-state index contributed by atoms with van der Waals surface area (Å²) in [7, 11) is 3.61. The minimum Gasteiger partial charge on any atom is -0.351 e. The Labute approximate surface area is 137 Å². The molecule has 0 aliphatic rings. The summed E-state index contributed by atoms with van der Waals surface area (Å²) in [4.78, 5) is 23.2. The van der Waals surface area contributed by atoms with Crippen LogP contribution < -0.4 is 9.80 Å². The van der Waals surface area contributed by atoms with Crippen LogP contribution in [0.5, 0.6) is 0 Å². The van der Waals surface area contributed by atoms with E-state index >= 15 is 0 Å². The van der Waals surface area contributed by atoms with Crippen molar-refractivity contribution in [3.63, 3.8) is 0 Å². The molecule has 0 spiro atoms. The van der Waals surface area contributed by atoms with Gasteiger partial charge in [0.25, 0.3) is 0 Å². The minimum absolute atomic E-state index is 0.108. The molecule has 0 aromatic carbocycles. The molecule has 1 aromatic heterocycles. The first-order chi connectivity index (χ1) is 10.4. The van der Waals surface area contributed by atoms with Gasteiger partial charge in [-0.1, -0.05) is 26.7 Å². The van der Waals surface area contributed by atoms with Gasteiger partial charge in [-0.2, -0.15) is 9.97 Å². The third kappa shape index (κ3) is 4.72. The van der Waals surface area contributed by atoms with Crippen molar-refractivity contribution in [1.82, 2.24) is 9.97 Å². The van der Waals surface area contributed by atoms with Crippen LogP contribution in [0.1, 0.15) is 39.5 Å². The monoisotopic (exact) mass is 327 g/mol. The zero-order chi connectivity index (χ0) is 16.7. The number of hydrogen-bond acceptors (Lipinski definition) is 7. The Morgan fingerprint density at radius 3 is 2.09 bits per heavy atom. The SMILES string of the molecule is CCCCN(CCCC)c1nc(N(C)C)nc(S)c1[N+](=O)[O-]. The first-order valence-corrected chi connectivity index (χ1v) is 8.04. The van der Waals surface area contributed by atoms with Gasteiger partial charge < -0.3 is 9.80 Å². The lowest BCUT2D eigenvalue weighted by Gasteiger charge is -2.24. The lowest BCUT2D eigenvalue weighted by molar-refractivity contribution is -0.387. The van der Waals surface area contributed by atoms with Crippen molar-refractivity contribution >= 4 is 30.1 Å². The van der Waals surface area contributed by atoms with E-state index in [1.165, 1.54) is 0 Å². The summed E-state index contributed by atoms with van der Waals surface area (Å²) in [6, 6.07) is 0. The third-order valence-electron chi connectivity index (χ3n) is 3.28. The maximum atomic E-state index is 11.4. The number of nitro groups is 1. The van der Waals surface area contributed by atoms with Gasteiger partial charge in [-0.15, -0.1) is 12.6 Å². The number of anilines is 2. The zero-order valence-corrected chi connectivity index (χ0v) is 14.6. The minimum atomic E-state index is -0.442. The molecule has 0 saturated carbocycles. The highest BCUT2D eigenvalue weighted by Gasteiger charge is 2.27. The van der Waals surface area contributed by atoms with Gasteiger partial charge in [0.15, 0.2) is 5.03 Å². The second-order valence-electron chi connectivity index (χ2n) is 5.37. The molecule has 7 nitrogen and oxygen atoms in total. The van der Waals surface area contributed by atoms with Crippen molar-refractivity contribution in [2.24, 2.45) is 0 Å². The Morgan fingerprint density at radius 1 is 1.14 bits per heavy atom. The molecule has 0 atom stereocenters. The Morgan fingerprint density at radius 2 is 1.68 bits per heavy atom. The molecular formula is C14H25N5O2S. The molecule has 0 radical (unpaired) electrons. The van der Waals surface area contributed by atoms with Crippen LogP contribution in [0.3, 0.4) is 0 Å². The van der Waals surface area contributed by atoms with Gasteiger partial charge in [0.05, 0.1) is 4.92 Å². The van der Waals surface area contributed by atoms with Crippen molar-refractivity contribution in [3.8, 4) is 0 Å². The van der Waals surface area contributed by atoms with Crippen LogP contribution in [-0.4, -0.2) is 42.1 Å². The molecule has 1 aromatic rings. The fraction of sp³-hybridized carbons (Fsp3) is 0.714. The number of thiol groups is 1. The summed E-state index contributed by atoms with van der Waals surface area (Å²) < 4.78 is 0. The fourth-order valence-corrected chi connectivity index (χ4v) is 2.30. The van der Waals surface area contributed by atoms with Gasteiger partial charge in [-0.05, 0) is 12.8 Å². The Bertz CT molecular complexity index is 502. The second-order valence-corrected chi connectivity index (χ2v) is 5.79. The smallest absolute Gasteiger partial charge is 0.343 e. The predicted octanol–water partition coefficient (Wildman–Crippen LogP) is 3.15. The summed E-state index contributed by atoms with van der Waals surface area (Å²) >= 11 is 4.20. The molecular weight excluding hydrogens is 302 g/mol. The highest BCUT2D eigenvalue weighted by Crippen LogP contribution is 2.33. The van der Waals surface area contributed by atoms with Crippen LogP contribution in [0, 0.1) is 10.1 Å². The van der Waals surface area contributed by atoms with E-state index in [4.69, 9.17) is 0 Å². The van der Waals surface area contributed by atoms with E-state index < -0.39 is 4.92 Å². The van der Waals surface area contributed by atoms with E-state index in [1.807, 2.05) is 4.90 Å². The van der Waals surface area contributed by atoms with Crippen LogP contribution in [0.4, 0.5) is 17.5 Å². The van der Waals surface area contributed by atoms with Gasteiger partial charge in [0.1, 0.15) is 0 Å². The number of rotatable bonds is 9. The van der Waals surface area contributed by atoms with Crippen molar-refractivity contribution in [1.29, 1.82) is 0 Å². The Hall–Kier alpha value is -1.57. The lowest BCUT2D eigenvalue weighted by atomic mass is 10.2. The molecule has 8 heteroatoms. The molecule has 0 aliphatic carbocycles. The van der Waals surface area contributed by atoms with Gasteiger partial charge in [-0.3, -0.25) is 10.1 Å². The van der Waals surface area contributed by atoms with Crippen molar-refractivity contribution < 1.29 is 4.92 Å². The molecule has 0 saturated heterocycles. The highest BCUT2D eigenvalue weighted by atomic mass is 32.1. The summed E-state index contributed by atoms with van der Waals surface area (Å²) in [5.74, 6) is 0.805. The molecule has 22 heavy (non-hydrogen) atoms. The fourth-order valence-electron chi connectivity index (χ4n) is 2.03. The molecule has 0 bridgehead atoms. The normalized spacial score (nSPS) is 10.6. The average molecular weight is 327 g/mol. The molecule has 0 fully saturated rings. The Kier molecular flexibility index (Phi) is 7.37. The molecule has 0 unspecified atom stereocenters. The van der Waals surface area contributed by atoms with E-state index in [0.717, 1.165) is 38.8 Å². The number of aromatic nitrogens is 2. The first kappa shape index (κ1) is 18.5. The van der Waals surface area contributed by atoms with Crippen LogP contribution >= 0.6 is 12.6 Å². The summed E-state index contributed by atoms with van der Waals surface area (Å²) in [6.45, 7) is 5.69. The van der Waals surface area contributed by atoms with Crippen molar-refractivity contribution in [2.45, 2.75) is 44.6 Å². The third-order valence-corrected chi connectivity index (χ3v) is 3.59. The zero-order valence-electron chi connectivity index (χ0n) is 13.7. The van der Waals surface area contributed by atoms with Gasteiger partial charge >= 0.3 is 5.69 Å². The largest absolute Gasteiger partial charge is 0.351 e. The van der Waals surface area contributed by atoms with Crippen LogP contribution in [0.25, 0.3) is 0 Å². The van der Waals surface area contributed by atoms with E-state index in [1.54, 1.807) is 19.0 Å². The molecule has 0 amide bonds. The van der Waals surface area contributed by atoms with Gasteiger partial charge in [0, 0.05) is 27.2 Å². The van der Waals surface area contributed by atoms with E-state index in [0.29, 0.717) is 11.8 Å². The maximum Gasteiger partial charge on any atom is 0.343 e. The summed E-state index contributed by atoms with van der Waals surface area (Å²) in [5.41, 5.74) is -0.110. The van der Waals surface area contributed by atoms with Crippen LogP contribution in [-0.2, 0) is 0 Å². The average Bonchev–Trinajstić information content (AvgIpc) is 2.46. The second kappa shape index (κ2) is 8.77. The maximum absolute atomic E-state index is 11.4. The topological polar surface area (TPSA) is 75.4 Å². The number of nitrogens with zero attached hydrogens (tertiary/aromatic N) is 5. The Balaban J connectivity index is 3.32. The van der Waals surface area contributed by atoms with Gasteiger partial charge in [-0.25, -0.2) is 0 Å². The highest BCUT2D eigenvalue weighted by molar-refractivity contribution is 7.80. The molecule has 1 heterocycles. The molecule has 0 N–H and O–H groups in total.